The molecule has 0 bridgehead atoms. The monoisotopic (exact) mass is 735 g/mol. The molecule has 5 aromatic rings. The minimum atomic E-state index is -0.539. The van der Waals surface area contributed by atoms with Gasteiger partial charge in [-0.05, 0) is 80.6 Å². The second-order valence-corrected chi connectivity index (χ2v) is 14.4. The van der Waals surface area contributed by atoms with Crippen LogP contribution in [0.15, 0.2) is 96.2 Å². The minimum Gasteiger partial charge on any atom is -0.323 e. The lowest BCUT2D eigenvalue weighted by atomic mass is 9.98. The standard InChI is InChI=1S/C43H45N9O3/c1-7-19-51-37-21-30(15-18-34(37)38(29-11-9-8-10-12-29)48-35(41(51)54)20-26(2)3)40(53)46-32-16-13-27(4)36(22-32)52-25-31-23-45-42(49-39(31)50(6)43(52)55)47-33-17-14-28(5)44-24-33/h8-18,21-24,26,35H,7,19-20,25H2,1-6H3,(H,46,53)(H,45,47,49)/t35-/m0/s1. The van der Waals surface area contributed by atoms with Gasteiger partial charge < -0.3 is 15.5 Å². The third-order valence-corrected chi connectivity index (χ3v) is 9.76. The molecular formula is C43H45N9O3. The Morgan fingerprint density at radius 1 is 0.909 bits per heavy atom. The molecule has 4 amide bonds. The number of urea groups is 1. The zero-order chi connectivity index (χ0) is 38.8. The molecule has 0 aliphatic carbocycles. The molecule has 55 heavy (non-hydrogen) atoms. The first-order valence-electron chi connectivity index (χ1n) is 18.6. The summed E-state index contributed by atoms with van der Waals surface area (Å²) in [5, 5.41) is 6.19. The van der Waals surface area contributed by atoms with Crippen molar-refractivity contribution in [3.8, 4) is 0 Å². The number of amides is 4. The number of anilines is 6. The third-order valence-electron chi connectivity index (χ3n) is 9.76. The Labute approximate surface area is 321 Å². The zero-order valence-corrected chi connectivity index (χ0v) is 32.0. The summed E-state index contributed by atoms with van der Waals surface area (Å²) in [4.78, 5) is 65.4. The molecule has 0 saturated carbocycles. The lowest BCUT2D eigenvalue weighted by Crippen LogP contribution is -2.46. The molecule has 2 N–H and O–H groups in total. The maximum absolute atomic E-state index is 14.1. The summed E-state index contributed by atoms with van der Waals surface area (Å²) in [6.07, 6.45) is 4.78. The molecule has 2 aromatic heterocycles. The molecule has 0 saturated heterocycles. The van der Waals surface area contributed by atoms with Crippen LogP contribution < -0.4 is 25.3 Å². The smallest absolute Gasteiger partial charge is 0.323 e. The molecule has 0 spiro atoms. The minimum absolute atomic E-state index is 0.0670. The van der Waals surface area contributed by atoms with Gasteiger partial charge in [0.1, 0.15) is 11.9 Å². The number of pyridine rings is 1. The van der Waals surface area contributed by atoms with Gasteiger partial charge in [-0.25, -0.2) is 9.78 Å². The number of hydrogen-bond acceptors (Lipinski definition) is 8. The van der Waals surface area contributed by atoms with Crippen molar-refractivity contribution in [2.75, 3.05) is 38.9 Å². The zero-order valence-electron chi connectivity index (χ0n) is 32.0. The van der Waals surface area contributed by atoms with Crippen molar-refractivity contribution in [1.29, 1.82) is 0 Å². The van der Waals surface area contributed by atoms with Crippen molar-refractivity contribution in [3.63, 3.8) is 0 Å². The van der Waals surface area contributed by atoms with Gasteiger partial charge in [-0.15, -0.1) is 0 Å². The number of carbonyl (C=O) groups excluding carboxylic acids is 3. The van der Waals surface area contributed by atoms with Gasteiger partial charge in [0.25, 0.3) is 11.8 Å². The molecule has 280 valence electrons. The summed E-state index contributed by atoms with van der Waals surface area (Å²) in [5.74, 6) is 0.726. The summed E-state index contributed by atoms with van der Waals surface area (Å²) in [7, 11) is 1.68. The van der Waals surface area contributed by atoms with E-state index in [0.29, 0.717) is 47.4 Å². The van der Waals surface area contributed by atoms with Crippen molar-refractivity contribution >= 4 is 58.1 Å². The van der Waals surface area contributed by atoms with Crippen LogP contribution in [0.5, 0.6) is 0 Å². The summed E-state index contributed by atoms with van der Waals surface area (Å²) < 4.78 is 0. The molecule has 12 heteroatoms. The lowest BCUT2D eigenvalue weighted by molar-refractivity contribution is -0.120. The van der Waals surface area contributed by atoms with Crippen molar-refractivity contribution in [3.05, 3.63) is 125 Å². The van der Waals surface area contributed by atoms with Gasteiger partial charge in [0.05, 0.1) is 35.5 Å². The van der Waals surface area contributed by atoms with Crippen LogP contribution in [-0.2, 0) is 11.3 Å². The van der Waals surface area contributed by atoms with Crippen LogP contribution in [0.4, 0.5) is 39.3 Å². The fraction of sp³-hybridized carbons (Fsp3) is 0.279. The van der Waals surface area contributed by atoms with E-state index in [9.17, 15) is 14.4 Å². The molecule has 2 aliphatic heterocycles. The second-order valence-electron chi connectivity index (χ2n) is 14.4. The summed E-state index contributed by atoms with van der Waals surface area (Å²) in [6, 6.07) is 23.8. The molecule has 1 atom stereocenters. The molecule has 4 heterocycles. The fourth-order valence-electron chi connectivity index (χ4n) is 6.97. The van der Waals surface area contributed by atoms with Gasteiger partial charge >= 0.3 is 6.03 Å². The number of hydrogen-bond donors (Lipinski definition) is 2. The Kier molecular flexibility index (Phi) is 10.4. The largest absolute Gasteiger partial charge is 0.330 e. The molecule has 7 rings (SSSR count). The predicted octanol–water partition coefficient (Wildman–Crippen LogP) is 8.07. The van der Waals surface area contributed by atoms with Crippen molar-refractivity contribution in [1.82, 2.24) is 15.0 Å². The van der Waals surface area contributed by atoms with Crippen LogP contribution in [0.1, 0.15) is 71.9 Å². The third kappa shape index (κ3) is 7.66. The number of benzene rings is 3. The average molecular weight is 736 g/mol. The van der Waals surface area contributed by atoms with E-state index < -0.39 is 6.04 Å². The number of benzodiazepines with no additional fused rings is 1. The van der Waals surface area contributed by atoms with E-state index in [0.717, 1.165) is 45.8 Å². The van der Waals surface area contributed by atoms with Gasteiger partial charge in [-0.1, -0.05) is 57.2 Å². The quantitative estimate of drug-likeness (QED) is 0.148. The molecular weight excluding hydrogens is 691 g/mol. The van der Waals surface area contributed by atoms with E-state index >= 15 is 0 Å². The van der Waals surface area contributed by atoms with Gasteiger partial charge in [0.15, 0.2) is 0 Å². The number of rotatable bonds is 10. The summed E-state index contributed by atoms with van der Waals surface area (Å²) in [5.41, 5.74) is 7.96. The highest BCUT2D eigenvalue weighted by Crippen LogP contribution is 2.35. The number of aryl methyl sites for hydroxylation is 2. The number of nitrogens with zero attached hydrogens (tertiary/aromatic N) is 7. The van der Waals surface area contributed by atoms with Crippen LogP contribution in [-0.4, -0.2) is 58.1 Å². The van der Waals surface area contributed by atoms with Crippen molar-refractivity contribution < 1.29 is 14.4 Å². The first-order valence-corrected chi connectivity index (χ1v) is 18.6. The first kappa shape index (κ1) is 36.9. The molecule has 12 nitrogen and oxygen atoms in total. The van der Waals surface area contributed by atoms with Gasteiger partial charge in [0, 0.05) is 53.4 Å². The Morgan fingerprint density at radius 3 is 2.42 bits per heavy atom. The van der Waals surface area contributed by atoms with Crippen LogP contribution in [0, 0.1) is 19.8 Å². The van der Waals surface area contributed by atoms with Crippen LogP contribution >= 0.6 is 0 Å². The van der Waals surface area contributed by atoms with E-state index in [1.165, 1.54) is 4.90 Å². The van der Waals surface area contributed by atoms with E-state index in [1.54, 1.807) is 47.4 Å². The topological polar surface area (TPSA) is 136 Å². The average Bonchev–Trinajstić information content (AvgIpc) is 3.29. The van der Waals surface area contributed by atoms with E-state index in [4.69, 9.17) is 4.99 Å². The number of fused-ring (bicyclic) bond motifs is 2. The highest BCUT2D eigenvalue weighted by atomic mass is 16.2. The first-order chi connectivity index (χ1) is 26.5. The summed E-state index contributed by atoms with van der Waals surface area (Å²) in [6.45, 7) is 10.8. The summed E-state index contributed by atoms with van der Waals surface area (Å²) >= 11 is 0. The van der Waals surface area contributed by atoms with Gasteiger partial charge in [0.2, 0.25) is 5.95 Å². The van der Waals surface area contributed by atoms with Gasteiger partial charge in [-0.2, -0.15) is 4.98 Å². The van der Waals surface area contributed by atoms with E-state index in [-0.39, 0.29) is 30.3 Å². The number of nitrogens with one attached hydrogen (secondary N) is 2. The second kappa shape index (κ2) is 15.5. The Bertz CT molecular complexity index is 2290. The lowest BCUT2D eigenvalue weighted by Gasteiger charge is -2.35. The van der Waals surface area contributed by atoms with Crippen LogP contribution in [0.3, 0.4) is 0 Å². The van der Waals surface area contributed by atoms with Crippen molar-refractivity contribution in [2.45, 2.75) is 60.0 Å². The van der Waals surface area contributed by atoms with E-state index in [2.05, 4.69) is 39.4 Å². The maximum atomic E-state index is 14.1. The highest BCUT2D eigenvalue weighted by Gasteiger charge is 2.34. The SMILES string of the molecule is CCCN1C(=O)[C@H](CC(C)C)N=C(c2ccccc2)c2ccc(C(=O)Nc3ccc(C)c(N4Cc5cnc(Nc6ccc(C)nc6)nc5N(C)C4=O)c3)cc21. The molecule has 3 aromatic carbocycles. The molecule has 0 unspecified atom stereocenters. The molecule has 0 radical (unpaired) electrons. The number of carbonyl (C=O) groups is 3. The van der Waals surface area contributed by atoms with Crippen molar-refractivity contribution in [2.24, 2.45) is 10.9 Å². The fourth-order valence-corrected chi connectivity index (χ4v) is 6.97. The Morgan fingerprint density at radius 2 is 1.69 bits per heavy atom. The predicted molar refractivity (Wildman–Crippen MR) is 218 cm³/mol. The Hall–Kier alpha value is -6.43. The highest BCUT2D eigenvalue weighted by molar-refractivity contribution is 6.21. The molecule has 2 aliphatic rings. The van der Waals surface area contributed by atoms with Crippen LogP contribution in [0.25, 0.3) is 0 Å². The van der Waals surface area contributed by atoms with Crippen LogP contribution in [0.2, 0.25) is 0 Å². The Balaban J connectivity index is 1.16. The maximum Gasteiger partial charge on any atom is 0.330 e. The number of aliphatic imine (C=N–C) groups is 1. The molecule has 0 fully saturated rings. The normalized spacial score (nSPS) is 15.4. The van der Waals surface area contributed by atoms with Gasteiger partial charge in [-0.3, -0.25) is 29.4 Å². The number of aromatic nitrogens is 3. The van der Waals surface area contributed by atoms with E-state index in [1.807, 2.05) is 81.4 Å².